The van der Waals surface area contributed by atoms with Crippen molar-refractivity contribution in [3.8, 4) is 0 Å². The number of allylic oxidation sites excluding steroid dienone is 1. The van der Waals surface area contributed by atoms with Crippen molar-refractivity contribution in [2.45, 2.75) is 134 Å². The maximum absolute atomic E-state index is 16.8. The zero-order valence-corrected chi connectivity index (χ0v) is 27.9. The summed E-state index contributed by atoms with van der Waals surface area (Å²) in [7, 11) is 0. The fourth-order valence-electron chi connectivity index (χ4n) is 10.5. The molecule has 3 saturated heterocycles. The first-order valence-corrected chi connectivity index (χ1v) is 17.9. The lowest BCUT2D eigenvalue weighted by Gasteiger charge is -2.60. The highest BCUT2D eigenvalue weighted by Gasteiger charge is 2.58. The third-order valence-corrected chi connectivity index (χ3v) is 12.7. The van der Waals surface area contributed by atoms with Crippen molar-refractivity contribution in [3.05, 3.63) is 24.6 Å². The second kappa shape index (κ2) is 12.5. The predicted octanol–water partition coefficient (Wildman–Crippen LogP) is 3.60. The number of nitrogens with zero attached hydrogens (tertiary/aromatic N) is 4. The van der Waals surface area contributed by atoms with Crippen LogP contribution in [0.1, 0.15) is 79.1 Å². The van der Waals surface area contributed by atoms with E-state index in [1.54, 1.807) is 0 Å². The Hall–Kier alpha value is -2.44. The summed E-state index contributed by atoms with van der Waals surface area (Å²) < 4.78 is 32.9. The summed E-state index contributed by atoms with van der Waals surface area (Å²) >= 11 is 0. The number of nitrogens with one attached hydrogen (secondary N) is 4. The summed E-state index contributed by atoms with van der Waals surface area (Å²) in [4.78, 5) is 33.4. The lowest BCUT2D eigenvalue weighted by atomic mass is 9.68. The van der Waals surface area contributed by atoms with Gasteiger partial charge >= 0.3 is 6.03 Å². The van der Waals surface area contributed by atoms with E-state index in [1.807, 2.05) is 16.8 Å². The highest BCUT2D eigenvalue weighted by Crippen LogP contribution is 2.47. The molecule has 2 aliphatic carbocycles. The summed E-state index contributed by atoms with van der Waals surface area (Å²) in [6.45, 7) is 13.4. The SMILES string of the molecule is C=CC(=O)N1C[C@H](C)N(C2NC(=O)N3C4NC(C(F)CC42)C2C(F)CCCC2N2C=C(CC4CCCC(C(C)C)C43)NN2)C[C@H]1C. The molecule has 5 aliphatic heterocycles. The van der Waals surface area contributed by atoms with E-state index in [-0.39, 0.29) is 54.4 Å². The maximum Gasteiger partial charge on any atom is 0.320 e. The molecule has 4 bridgehead atoms. The Morgan fingerprint density at radius 3 is 2.59 bits per heavy atom. The molecular formula is C34H54F2N8O2. The zero-order valence-electron chi connectivity index (χ0n) is 27.9. The number of hydrazine groups is 2. The zero-order chi connectivity index (χ0) is 32.4. The van der Waals surface area contributed by atoms with Crippen LogP contribution in [0.2, 0.25) is 0 Å². The van der Waals surface area contributed by atoms with Crippen molar-refractivity contribution in [1.82, 2.24) is 41.3 Å². The van der Waals surface area contributed by atoms with Crippen molar-refractivity contribution in [2.75, 3.05) is 13.1 Å². The number of piperidine rings is 1. The van der Waals surface area contributed by atoms with Crippen LogP contribution in [0.15, 0.2) is 24.6 Å². The largest absolute Gasteiger partial charge is 0.334 e. The molecule has 11 unspecified atom stereocenters. The normalized spacial score (nSPS) is 44.6. The lowest BCUT2D eigenvalue weighted by molar-refractivity contribution is -0.137. The van der Waals surface area contributed by atoms with Gasteiger partial charge in [0, 0.05) is 61.0 Å². The van der Waals surface area contributed by atoms with Crippen LogP contribution < -0.4 is 21.6 Å². The second-order valence-corrected chi connectivity index (χ2v) is 15.6. The van der Waals surface area contributed by atoms with E-state index in [0.29, 0.717) is 31.3 Å². The Labute approximate surface area is 272 Å². The number of hydrogen-bond donors (Lipinski definition) is 4. The number of piperazine rings is 1. The number of halogens is 2. The molecule has 7 aliphatic rings. The fraction of sp³-hybridized carbons (Fsp3) is 0.824. The Morgan fingerprint density at radius 1 is 1.04 bits per heavy atom. The van der Waals surface area contributed by atoms with Crippen LogP contribution >= 0.6 is 0 Å². The van der Waals surface area contributed by atoms with Crippen molar-refractivity contribution in [1.29, 1.82) is 0 Å². The van der Waals surface area contributed by atoms with E-state index in [4.69, 9.17) is 0 Å². The topological polar surface area (TPSA) is 95.2 Å². The van der Waals surface area contributed by atoms with Gasteiger partial charge in [-0.25, -0.2) is 13.6 Å². The molecule has 0 aromatic carbocycles. The number of carbonyl (C=O) groups is 2. The number of alkyl halides is 2. The van der Waals surface area contributed by atoms with Crippen LogP contribution in [-0.4, -0.2) is 99.6 Å². The highest BCUT2D eigenvalue weighted by molar-refractivity contribution is 5.87. The lowest BCUT2D eigenvalue weighted by Crippen LogP contribution is -2.79. The molecule has 0 aromatic rings. The third kappa shape index (κ3) is 5.40. The van der Waals surface area contributed by atoms with Gasteiger partial charge in [0.2, 0.25) is 5.91 Å². The van der Waals surface area contributed by atoms with Crippen molar-refractivity contribution in [2.24, 2.45) is 29.6 Å². The monoisotopic (exact) mass is 644 g/mol. The number of rotatable bonds is 3. The summed E-state index contributed by atoms with van der Waals surface area (Å²) in [6, 6.07) is -1.21. The summed E-state index contributed by atoms with van der Waals surface area (Å²) in [6.07, 6.45) is 6.36. The number of carbonyl (C=O) groups excluding carboxylic acids is 2. The van der Waals surface area contributed by atoms with E-state index < -0.39 is 36.6 Å². The number of urea groups is 1. The first-order valence-electron chi connectivity index (χ1n) is 17.9. The molecule has 0 radical (unpaired) electrons. The average Bonchev–Trinajstić information content (AvgIpc) is 3.49. The summed E-state index contributed by atoms with van der Waals surface area (Å²) in [5, 5.41) is 9.12. The molecule has 5 fully saturated rings. The van der Waals surface area contributed by atoms with Crippen LogP contribution in [0.3, 0.4) is 0 Å². The molecule has 10 nitrogen and oxygen atoms in total. The molecular weight excluding hydrogens is 590 g/mol. The van der Waals surface area contributed by atoms with Crippen molar-refractivity contribution >= 4 is 11.9 Å². The molecule has 3 amide bonds. The Morgan fingerprint density at radius 2 is 1.83 bits per heavy atom. The smallest absolute Gasteiger partial charge is 0.320 e. The number of hydrogen-bond acceptors (Lipinski definition) is 7. The molecule has 0 spiro atoms. The van der Waals surface area contributed by atoms with Crippen LogP contribution in [0, 0.1) is 29.6 Å². The molecule has 256 valence electrons. The molecule has 4 N–H and O–H groups in total. The van der Waals surface area contributed by atoms with Gasteiger partial charge in [0.25, 0.3) is 0 Å². The van der Waals surface area contributed by atoms with Gasteiger partial charge in [-0.05, 0) is 82.6 Å². The van der Waals surface area contributed by atoms with Gasteiger partial charge in [0.05, 0.1) is 18.4 Å². The quantitative estimate of drug-likeness (QED) is 0.349. The van der Waals surface area contributed by atoms with E-state index in [0.717, 1.165) is 44.2 Å². The number of amides is 3. The van der Waals surface area contributed by atoms with Crippen LogP contribution in [0.5, 0.6) is 0 Å². The van der Waals surface area contributed by atoms with Crippen LogP contribution in [0.4, 0.5) is 13.6 Å². The molecule has 0 aromatic heterocycles. The minimum absolute atomic E-state index is 0.0376. The Bertz CT molecular complexity index is 1220. The first-order chi connectivity index (χ1) is 22.1. The predicted molar refractivity (Wildman–Crippen MR) is 172 cm³/mol. The second-order valence-electron chi connectivity index (χ2n) is 15.6. The minimum Gasteiger partial charge on any atom is -0.334 e. The molecule has 13 atom stereocenters. The van der Waals surface area contributed by atoms with Gasteiger partial charge in [-0.2, -0.15) is 0 Å². The maximum atomic E-state index is 16.8. The van der Waals surface area contributed by atoms with E-state index in [1.165, 1.54) is 6.08 Å². The molecule has 5 heterocycles. The fourth-order valence-corrected chi connectivity index (χ4v) is 10.5. The van der Waals surface area contributed by atoms with Gasteiger partial charge in [-0.3, -0.25) is 20.0 Å². The number of fused-ring (bicyclic) bond motifs is 7. The Kier molecular flexibility index (Phi) is 8.76. The van der Waals surface area contributed by atoms with Crippen LogP contribution in [-0.2, 0) is 4.79 Å². The summed E-state index contributed by atoms with van der Waals surface area (Å²) in [5.74, 6) is -0.00935. The first kappa shape index (κ1) is 32.1. The van der Waals surface area contributed by atoms with Crippen LogP contribution in [0.25, 0.3) is 0 Å². The Balaban J connectivity index is 1.30. The summed E-state index contributed by atoms with van der Waals surface area (Å²) in [5.41, 5.74) is 7.73. The van der Waals surface area contributed by atoms with Gasteiger partial charge in [-0.1, -0.05) is 26.8 Å². The average molecular weight is 645 g/mol. The molecule has 12 heteroatoms. The highest BCUT2D eigenvalue weighted by atomic mass is 19.1. The minimum atomic E-state index is -1.27. The molecule has 46 heavy (non-hydrogen) atoms. The third-order valence-electron chi connectivity index (χ3n) is 12.7. The van der Waals surface area contributed by atoms with E-state index in [2.05, 4.69) is 64.9 Å². The molecule has 7 rings (SSSR count). The molecule has 2 saturated carbocycles. The van der Waals surface area contributed by atoms with E-state index >= 15 is 8.78 Å². The van der Waals surface area contributed by atoms with Crippen molar-refractivity contribution < 1.29 is 18.4 Å². The van der Waals surface area contributed by atoms with Gasteiger partial charge < -0.3 is 20.5 Å². The van der Waals surface area contributed by atoms with Gasteiger partial charge in [0.1, 0.15) is 12.3 Å². The van der Waals surface area contributed by atoms with E-state index in [9.17, 15) is 9.59 Å². The standard InChI is InChI=1S/C34H54F2N8O2/c1-6-28(45)41-15-20(5)42(16-19(41)4)32-24-14-26(36)30-29-25(35)11-8-12-27(29)43-17-22(39-40-43)13-21-9-7-10-23(18(2)3)31(21)44(33(24)37-30)34(46)38-32/h6,17-21,23-27,29-33,37,39-40H,1,7-16H2,2-5H3,(H,38,46)/t19-,20+,21?,23?,24?,25?,26?,27?,29?,30?,31?,32?,33?/m1/s1. The van der Waals surface area contributed by atoms with Gasteiger partial charge in [0.15, 0.2) is 0 Å². The van der Waals surface area contributed by atoms with Gasteiger partial charge in [-0.15, -0.1) is 5.53 Å². The van der Waals surface area contributed by atoms with Crippen molar-refractivity contribution in [3.63, 3.8) is 0 Å².